The van der Waals surface area contributed by atoms with Crippen LogP contribution in [0.25, 0.3) is 11.2 Å². The Kier molecular flexibility index (Phi) is 4.58. The summed E-state index contributed by atoms with van der Waals surface area (Å²) in [6.45, 7) is 2.13. The molecule has 0 spiro atoms. The average Bonchev–Trinajstić information content (AvgIpc) is 2.79. The van der Waals surface area contributed by atoms with Crippen LogP contribution < -0.4 is 4.90 Å². The summed E-state index contributed by atoms with van der Waals surface area (Å²) >= 11 is 0. The standard InChI is InChI=1S/C11H18N5O4P/c1-8(20-7-21(17,18)19)4-16-6-14-10-9(16)11(15(2)3)13-5-12-10/h5-6,8H,4,7H2,1-3H3,(H2,17,18,19)/t8-/m1/s1. The average molecular weight is 315 g/mol. The van der Waals surface area contributed by atoms with Gasteiger partial charge in [-0.25, -0.2) is 15.0 Å². The number of ether oxygens (including phenoxy) is 1. The van der Waals surface area contributed by atoms with Crippen molar-refractivity contribution < 1.29 is 19.1 Å². The predicted octanol–water partition coefficient (Wildman–Crippen LogP) is 0.433. The van der Waals surface area contributed by atoms with Crippen LogP contribution >= 0.6 is 7.60 Å². The van der Waals surface area contributed by atoms with E-state index in [9.17, 15) is 4.57 Å². The molecule has 2 N–H and O–H groups in total. The molecule has 21 heavy (non-hydrogen) atoms. The Morgan fingerprint density at radius 1 is 1.38 bits per heavy atom. The van der Waals surface area contributed by atoms with Crippen LogP contribution in [-0.2, 0) is 15.8 Å². The van der Waals surface area contributed by atoms with E-state index in [1.807, 2.05) is 23.6 Å². The molecule has 0 saturated carbocycles. The molecular formula is C11H18N5O4P. The van der Waals surface area contributed by atoms with Crippen molar-refractivity contribution in [2.75, 3.05) is 25.3 Å². The van der Waals surface area contributed by atoms with Gasteiger partial charge in [-0.15, -0.1) is 0 Å². The van der Waals surface area contributed by atoms with E-state index in [0.717, 1.165) is 11.3 Å². The normalized spacial score (nSPS) is 13.6. The molecule has 1 atom stereocenters. The maximum atomic E-state index is 10.8. The third-order valence-electron chi connectivity index (χ3n) is 2.79. The number of hydrogen-bond donors (Lipinski definition) is 2. The van der Waals surface area contributed by atoms with Gasteiger partial charge in [0.25, 0.3) is 0 Å². The van der Waals surface area contributed by atoms with Crippen LogP contribution in [0.5, 0.6) is 0 Å². The zero-order valence-corrected chi connectivity index (χ0v) is 12.9. The molecule has 0 aliphatic heterocycles. The molecule has 9 nitrogen and oxygen atoms in total. The van der Waals surface area contributed by atoms with Crippen molar-refractivity contribution in [3.8, 4) is 0 Å². The van der Waals surface area contributed by atoms with E-state index in [4.69, 9.17) is 14.5 Å². The molecule has 2 rings (SSSR count). The van der Waals surface area contributed by atoms with Gasteiger partial charge in [0.2, 0.25) is 0 Å². The lowest BCUT2D eigenvalue weighted by atomic mass is 10.3. The van der Waals surface area contributed by atoms with Crippen LogP contribution in [0.3, 0.4) is 0 Å². The van der Waals surface area contributed by atoms with Crippen LogP contribution in [0, 0.1) is 0 Å². The first kappa shape index (κ1) is 15.8. The molecule has 0 bridgehead atoms. The van der Waals surface area contributed by atoms with E-state index >= 15 is 0 Å². The molecule has 2 heterocycles. The second kappa shape index (κ2) is 6.07. The van der Waals surface area contributed by atoms with Gasteiger partial charge in [-0.05, 0) is 6.92 Å². The van der Waals surface area contributed by atoms with Crippen LogP contribution in [0.4, 0.5) is 5.82 Å². The molecule has 2 aromatic rings. The zero-order valence-electron chi connectivity index (χ0n) is 12.0. The summed E-state index contributed by atoms with van der Waals surface area (Å²) in [6.07, 6.45) is 2.08. The van der Waals surface area contributed by atoms with Crippen molar-refractivity contribution in [1.82, 2.24) is 19.5 Å². The van der Waals surface area contributed by atoms with Gasteiger partial charge >= 0.3 is 7.60 Å². The molecule has 0 aliphatic carbocycles. The fraction of sp³-hybridized carbons (Fsp3) is 0.545. The Morgan fingerprint density at radius 2 is 2.10 bits per heavy atom. The van der Waals surface area contributed by atoms with Gasteiger partial charge in [-0.1, -0.05) is 0 Å². The largest absolute Gasteiger partial charge is 0.364 e. The van der Waals surface area contributed by atoms with Crippen molar-refractivity contribution in [3.05, 3.63) is 12.7 Å². The first-order chi connectivity index (χ1) is 9.78. The van der Waals surface area contributed by atoms with Crippen molar-refractivity contribution in [1.29, 1.82) is 0 Å². The highest BCUT2D eigenvalue weighted by Crippen LogP contribution is 2.34. The lowest BCUT2D eigenvalue weighted by molar-refractivity contribution is 0.0765. The smallest absolute Gasteiger partial charge is 0.350 e. The molecule has 0 aliphatic rings. The Labute approximate surface area is 121 Å². The topological polar surface area (TPSA) is 114 Å². The van der Waals surface area contributed by atoms with Crippen LogP contribution in [0.2, 0.25) is 0 Å². The van der Waals surface area contributed by atoms with Gasteiger partial charge < -0.3 is 24.0 Å². The van der Waals surface area contributed by atoms with Crippen LogP contribution in [-0.4, -0.2) is 55.9 Å². The van der Waals surface area contributed by atoms with Crippen molar-refractivity contribution >= 4 is 24.6 Å². The molecule has 0 unspecified atom stereocenters. The molecule has 0 aromatic carbocycles. The Balaban J connectivity index is 2.21. The van der Waals surface area contributed by atoms with Crippen LogP contribution in [0.1, 0.15) is 6.92 Å². The van der Waals surface area contributed by atoms with Crippen LogP contribution in [0.15, 0.2) is 12.7 Å². The van der Waals surface area contributed by atoms with Gasteiger partial charge in [-0.2, -0.15) is 0 Å². The molecule has 0 fully saturated rings. The summed E-state index contributed by atoms with van der Waals surface area (Å²) < 4.78 is 17.8. The van der Waals surface area contributed by atoms with E-state index in [2.05, 4.69) is 15.0 Å². The number of rotatable bonds is 6. The summed E-state index contributed by atoms with van der Waals surface area (Å²) in [5, 5.41) is 0. The fourth-order valence-electron chi connectivity index (χ4n) is 1.91. The number of aromatic nitrogens is 4. The third kappa shape index (κ3) is 3.98. The van der Waals surface area contributed by atoms with E-state index in [0.29, 0.717) is 12.2 Å². The van der Waals surface area contributed by atoms with E-state index < -0.39 is 13.9 Å². The predicted molar refractivity (Wildman–Crippen MR) is 77.1 cm³/mol. The second-order valence-electron chi connectivity index (χ2n) is 4.93. The van der Waals surface area contributed by atoms with Gasteiger partial charge in [0.1, 0.15) is 18.2 Å². The summed E-state index contributed by atoms with van der Waals surface area (Å²) in [7, 11) is -0.427. The Hall–Kier alpha value is -1.54. The quantitative estimate of drug-likeness (QED) is 0.738. The van der Waals surface area contributed by atoms with E-state index in [1.54, 1.807) is 13.3 Å². The maximum absolute atomic E-state index is 10.8. The second-order valence-corrected chi connectivity index (χ2v) is 6.52. The summed E-state index contributed by atoms with van der Waals surface area (Å²) in [4.78, 5) is 32.0. The minimum absolute atomic E-state index is 0.384. The SMILES string of the molecule is C[C@H](Cn1cnc2ncnc(N(C)C)c21)OCP(=O)(O)O. The monoisotopic (exact) mass is 315 g/mol. The number of imidazole rings is 1. The summed E-state index contributed by atoms with van der Waals surface area (Å²) in [6, 6.07) is 0. The first-order valence-electron chi connectivity index (χ1n) is 6.27. The molecule has 0 saturated heterocycles. The fourth-order valence-corrected chi connectivity index (χ4v) is 2.36. The van der Waals surface area contributed by atoms with Gasteiger partial charge in [0, 0.05) is 14.1 Å². The summed E-state index contributed by atoms with van der Waals surface area (Å²) in [5.74, 6) is 0.722. The van der Waals surface area contributed by atoms with Crippen molar-refractivity contribution in [2.45, 2.75) is 19.6 Å². The highest BCUT2D eigenvalue weighted by Gasteiger charge is 2.18. The van der Waals surface area contributed by atoms with E-state index in [-0.39, 0.29) is 6.10 Å². The zero-order chi connectivity index (χ0) is 15.6. The Morgan fingerprint density at radius 3 is 2.71 bits per heavy atom. The minimum atomic E-state index is -4.16. The lowest BCUT2D eigenvalue weighted by Gasteiger charge is -2.17. The molecule has 0 radical (unpaired) electrons. The number of hydrogen-bond acceptors (Lipinski definition) is 6. The highest BCUT2D eigenvalue weighted by atomic mass is 31.2. The minimum Gasteiger partial charge on any atom is -0.364 e. The molecular weight excluding hydrogens is 297 g/mol. The number of nitrogens with zero attached hydrogens (tertiary/aromatic N) is 5. The molecule has 116 valence electrons. The molecule has 10 heteroatoms. The Bertz CT molecular complexity index is 668. The number of anilines is 1. The third-order valence-corrected chi connectivity index (χ3v) is 3.28. The highest BCUT2D eigenvalue weighted by molar-refractivity contribution is 7.51. The van der Waals surface area contributed by atoms with E-state index in [1.165, 1.54) is 6.33 Å². The molecule has 0 amide bonds. The maximum Gasteiger partial charge on any atom is 0.350 e. The lowest BCUT2D eigenvalue weighted by Crippen LogP contribution is -2.18. The van der Waals surface area contributed by atoms with Gasteiger partial charge in [-0.3, -0.25) is 4.57 Å². The van der Waals surface area contributed by atoms with Gasteiger partial charge in [0.15, 0.2) is 11.5 Å². The molecule has 2 aromatic heterocycles. The van der Waals surface area contributed by atoms with Gasteiger partial charge in [0.05, 0.1) is 19.0 Å². The van der Waals surface area contributed by atoms with Crippen molar-refractivity contribution in [3.63, 3.8) is 0 Å². The van der Waals surface area contributed by atoms with Crippen molar-refractivity contribution in [2.24, 2.45) is 0 Å². The first-order valence-corrected chi connectivity index (χ1v) is 8.07. The summed E-state index contributed by atoms with van der Waals surface area (Å²) in [5.41, 5.74) is 1.32. The number of fused-ring (bicyclic) bond motifs is 1.